The van der Waals surface area contributed by atoms with E-state index in [1.807, 2.05) is 17.7 Å². The number of rotatable bonds is 6. The van der Waals surface area contributed by atoms with Crippen molar-refractivity contribution in [3.8, 4) is 0 Å². The molecule has 0 saturated carbocycles. The summed E-state index contributed by atoms with van der Waals surface area (Å²) >= 11 is 5.25. The predicted molar refractivity (Wildman–Crippen MR) is 76.5 cm³/mol. The van der Waals surface area contributed by atoms with Crippen LogP contribution in [0.5, 0.6) is 0 Å². The second kappa shape index (κ2) is 6.27. The van der Waals surface area contributed by atoms with Crippen molar-refractivity contribution in [1.29, 1.82) is 0 Å². The minimum absolute atomic E-state index is 0.268. The van der Waals surface area contributed by atoms with Gasteiger partial charge >= 0.3 is 0 Å². The summed E-state index contributed by atoms with van der Waals surface area (Å²) in [4.78, 5) is 5.08. The number of halogens is 1. The molecule has 1 aromatic carbocycles. The molecule has 2 rings (SSSR count). The van der Waals surface area contributed by atoms with Gasteiger partial charge in [-0.15, -0.1) is 0 Å². The molecule has 0 aliphatic heterocycles. The minimum atomic E-state index is -0.268. The highest BCUT2D eigenvalue weighted by Gasteiger charge is 2.08. The van der Waals surface area contributed by atoms with Crippen molar-refractivity contribution in [3.05, 3.63) is 28.8 Å². The molecule has 0 atom stereocenters. The van der Waals surface area contributed by atoms with Crippen molar-refractivity contribution in [2.24, 2.45) is 0 Å². The Morgan fingerprint density at radius 3 is 2.95 bits per heavy atom. The van der Waals surface area contributed by atoms with Gasteiger partial charge in [0, 0.05) is 26.7 Å². The third kappa shape index (κ3) is 3.20. The van der Waals surface area contributed by atoms with Gasteiger partial charge in [-0.05, 0) is 31.4 Å². The molecule has 0 radical (unpaired) electrons. The molecule has 104 valence electrons. The highest BCUT2D eigenvalue weighted by molar-refractivity contribution is 7.71. The number of fused-ring (bicyclic) bond motifs is 1. The Bertz CT molecular complexity index is 607. The van der Waals surface area contributed by atoms with Crippen molar-refractivity contribution in [2.75, 3.05) is 33.9 Å². The lowest BCUT2D eigenvalue weighted by Crippen LogP contribution is -2.26. The Kier molecular flexibility index (Phi) is 4.68. The summed E-state index contributed by atoms with van der Waals surface area (Å²) in [5.41, 5.74) is 1.29. The van der Waals surface area contributed by atoms with Crippen molar-refractivity contribution in [3.63, 3.8) is 0 Å². The fourth-order valence-electron chi connectivity index (χ4n) is 2.00. The maximum atomic E-state index is 13.6. The Hall–Kier alpha value is -1.24. The molecule has 0 amide bonds. The maximum absolute atomic E-state index is 13.6. The van der Waals surface area contributed by atoms with Crippen molar-refractivity contribution in [2.45, 2.75) is 6.54 Å². The van der Waals surface area contributed by atoms with Gasteiger partial charge in [-0.25, -0.2) is 4.39 Å². The lowest BCUT2D eigenvalue weighted by atomic mass is 10.3. The van der Waals surface area contributed by atoms with Crippen LogP contribution in [0.2, 0.25) is 0 Å². The summed E-state index contributed by atoms with van der Waals surface area (Å²) in [7, 11) is 3.71. The molecular weight excluding hydrogens is 265 g/mol. The molecule has 0 bridgehead atoms. The summed E-state index contributed by atoms with van der Waals surface area (Å²) in [5, 5.41) is 0. The zero-order valence-corrected chi connectivity index (χ0v) is 12.0. The van der Waals surface area contributed by atoms with Crippen LogP contribution < -0.4 is 0 Å². The van der Waals surface area contributed by atoms with E-state index < -0.39 is 0 Å². The summed E-state index contributed by atoms with van der Waals surface area (Å²) in [5.74, 6) is -0.268. The molecule has 0 spiro atoms. The normalized spacial score (nSPS) is 11.6. The van der Waals surface area contributed by atoms with Crippen LogP contribution in [0.3, 0.4) is 0 Å². The molecule has 1 heterocycles. The van der Waals surface area contributed by atoms with Crippen LogP contribution >= 0.6 is 12.2 Å². The minimum Gasteiger partial charge on any atom is -0.383 e. The standard InChI is InChI=1S/C13H18FN3OS/c1-16(8-9-18-2)6-7-17-11-5-3-4-10(14)12(11)15-13(17)19/h3-5H,6-9H2,1-2H3,(H,15,19). The van der Waals surface area contributed by atoms with Crippen LogP contribution in [0, 0.1) is 10.6 Å². The average Bonchev–Trinajstić information content (AvgIpc) is 2.71. The monoisotopic (exact) mass is 283 g/mol. The first-order chi connectivity index (χ1) is 9.13. The fraction of sp³-hybridized carbons (Fsp3) is 0.462. The number of aromatic nitrogens is 2. The third-order valence-electron chi connectivity index (χ3n) is 3.14. The molecule has 0 saturated heterocycles. The number of hydrogen-bond donors (Lipinski definition) is 1. The molecule has 1 N–H and O–H groups in total. The van der Waals surface area contributed by atoms with Gasteiger partial charge in [0.15, 0.2) is 4.77 Å². The molecule has 0 fully saturated rings. The summed E-state index contributed by atoms with van der Waals surface area (Å²) in [6.07, 6.45) is 0. The molecule has 1 aromatic heterocycles. The molecule has 0 unspecified atom stereocenters. The molecule has 0 aliphatic rings. The van der Waals surface area contributed by atoms with Crippen LogP contribution in [0.25, 0.3) is 11.0 Å². The number of nitrogens with one attached hydrogen (secondary N) is 1. The number of aromatic amines is 1. The van der Waals surface area contributed by atoms with Crippen molar-refractivity contribution < 1.29 is 9.13 Å². The Labute approximate surface area is 116 Å². The zero-order valence-electron chi connectivity index (χ0n) is 11.1. The van der Waals surface area contributed by atoms with E-state index >= 15 is 0 Å². The number of hydrogen-bond acceptors (Lipinski definition) is 3. The van der Waals surface area contributed by atoms with Crippen molar-refractivity contribution >= 4 is 23.3 Å². The van der Waals surface area contributed by atoms with E-state index in [2.05, 4.69) is 9.88 Å². The number of benzene rings is 1. The van der Waals surface area contributed by atoms with E-state index in [0.717, 1.165) is 25.2 Å². The number of para-hydroxylation sites is 1. The van der Waals surface area contributed by atoms with Gasteiger partial charge in [-0.2, -0.15) is 0 Å². The highest BCUT2D eigenvalue weighted by atomic mass is 32.1. The van der Waals surface area contributed by atoms with E-state index in [-0.39, 0.29) is 5.82 Å². The van der Waals surface area contributed by atoms with E-state index in [1.54, 1.807) is 13.2 Å². The van der Waals surface area contributed by atoms with Gasteiger partial charge in [-0.3, -0.25) is 0 Å². The lowest BCUT2D eigenvalue weighted by Gasteiger charge is -2.16. The highest BCUT2D eigenvalue weighted by Crippen LogP contribution is 2.17. The quantitative estimate of drug-likeness (QED) is 0.827. The molecule has 19 heavy (non-hydrogen) atoms. The zero-order chi connectivity index (χ0) is 13.8. The van der Waals surface area contributed by atoms with E-state index in [4.69, 9.17) is 17.0 Å². The van der Waals surface area contributed by atoms with Crippen LogP contribution in [-0.4, -0.2) is 48.3 Å². The Balaban J connectivity index is 2.15. The number of nitrogens with zero attached hydrogens (tertiary/aromatic N) is 2. The maximum Gasteiger partial charge on any atom is 0.178 e. The van der Waals surface area contributed by atoms with Gasteiger partial charge in [0.2, 0.25) is 0 Å². The smallest absolute Gasteiger partial charge is 0.178 e. The van der Waals surface area contributed by atoms with Gasteiger partial charge in [0.25, 0.3) is 0 Å². The van der Waals surface area contributed by atoms with E-state index in [0.29, 0.717) is 16.9 Å². The second-order valence-electron chi connectivity index (χ2n) is 4.51. The van der Waals surface area contributed by atoms with Crippen LogP contribution in [0.1, 0.15) is 0 Å². The van der Waals surface area contributed by atoms with Crippen molar-refractivity contribution in [1.82, 2.24) is 14.5 Å². The first-order valence-electron chi connectivity index (χ1n) is 6.18. The van der Waals surface area contributed by atoms with Crippen LogP contribution in [0.4, 0.5) is 4.39 Å². The summed E-state index contributed by atoms with van der Waals surface area (Å²) in [6, 6.07) is 5.01. The number of H-pyrrole nitrogens is 1. The molecule has 6 heteroatoms. The van der Waals surface area contributed by atoms with E-state index in [9.17, 15) is 4.39 Å². The van der Waals surface area contributed by atoms with Gasteiger partial charge in [-0.1, -0.05) is 6.07 Å². The predicted octanol–water partition coefficient (Wildman–Crippen LogP) is 2.42. The summed E-state index contributed by atoms with van der Waals surface area (Å²) < 4.78 is 21.1. The molecule has 2 aromatic rings. The van der Waals surface area contributed by atoms with Gasteiger partial charge < -0.3 is 19.2 Å². The Morgan fingerprint density at radius 1 is 1.42 bits per heavy atom. The molecule has 0 aliphatic carbocycles. The molecular formula is C13H18FN3OS. The lowest BCUT2D eigenvalue weighted by molar-refractivity contribution is 0.159. The first kappa shape index (κ1) is 14.2. The van der Waals surface area contributed by atoms with Crippen LogP contribution in [-0.2, 0) is 11.3 Å². The topological polar surface area (TPSA) is 33.2 Å². The SMILES string of the molecule is COCCN(C)CCn1c(=S)[nH]c2c(F)cccc21. The van der Waals surface area contributed by atoms with Gasteiger partial charge in [0.05, 0.1) is 12.1 Å². The summed E-state index contributed by atoms with van der Waals surface area (Å²) in [6.45, 7) is 3.12. The number of methoxy groups -OCH3 is 1. The fourth-order valence-corrected chi connectivity index (χ4v) is 2.29. The Morgan fingerprint density at radius 2 is 2.21 bits per heavy atom. The van der Waals surface area contributed by atoms with Gasteiger partial charge in [0.1, 0.15) is 11.3 Å². The second-order valence-corrected chi connectivity index (χ2v) is 4.90. The third-order valence-corrected chi connectivity index (χ3v) is 3.46. The largest absolute Gasteiger partial charge is 0.383 e. The number of imidazole rings is 1. The molecule has 4 nitrogen and oxygen atoms in total. The first-order valence-corrected chi connectivity index (χ1v) is 6.59. The number of ether oxygens (including phenoxy) is 1. The number of likely N-dealkylation sites (N-methyl/N-ethyl adjacent to an activating group) is 1. The van der Waals surface area contributed by atoms with Crippen LogP contribution in [0.15, 0.2) is 18.2 Å². The average molecular weight is 283 g/mol. The van der Waals surface area contributed by atoms with E-state index in [1.165, 1.54) is 6.07 Å².